The first-order chi connectivity index (χ1) is 7.78. The Labute approximate surface area is 104 Å². The van der Waals surface area contributed by atoms with Crippen molar-refractivity contribution < 1.29 is 19.1 Å². The molecule has 1 aromatic rings. The predicted molar refractivity (Wildman–Crippen MR) is 68.5 cm³/mol. The summed E-state index contributed by atoms with van der Waals surface area (Å²) in [5.74, 6) is 0.237. The molecule has 1 aromatic carbocycles. The van der Waals surface area contributed by atoms with Crippen molar-refractivity contribution in [2.24, 2.45) is 0 Å². The van der Waals surface area contributed by atoms with E-state index in [1.807, 2.05) is 0 Å². The molecule has 0 fully saturated rings. The fraction of sp³-hybridized carbons (Fsp3) is 0.222. The first kappa shape index (κ1) is 13.9. The van der Waals surface area contributed by atoms with Gasteiger partial charge in [-0.25, -0.2) is 4.79 Å². The molecule has 0 spiro atoms. The molecule has 94 valence electrons. The third-order valence-electron chi connectivity index (χ3n) is 1.74. The van der Waals surface area contributed by atoms with Crippen molar-refractivity contribution in [1.29, 1.82) is 0 Å². The van der Waals surface area contributed by atoms with Gasteiger partial charge in [0.05, 0.1) is 0 Å². The van der Waals surface area contributed by atoms with E-state index in [4.69, 9.17) is 14.3 Å². The van der Waals surface area contributed by atoms with Gasteiger partial charge in [-0.2, -0.15) is 0 Å². The number of nitrogens with zero attached hydrogens (tertiary/aromatic N) is 1. The molecule has 2 amide bonds. The first-order valence-corrected chi connectivity index (χ1v) is 7.24. The molecule has 0 saturated heterocycles. The Balaban J connectivity index is 2.69. The average molecular weight is 276 g/mol. The highest BCUT2D eigenvalue weighted by Gasteiger charge is 2.10. The molecule has 8 heteroatoms. The van der Waals surface area contributed by atoms with Gasteiger partial charge in [-0.05, 0) is 24.3 Å². The van der Waals surface area contributed by atoms with Crippen molar-refractivity contribution in [2.75, 3.05) is 19.4 Å². The fourth-order valence-electron chi connectivity index (χ4n) is 0.972. The topological polar surface area (TPSA) is 82.0 Å². The summed E-state index contributed by atoms with van der Waals surface area (Å²) < 4.78 is 4.72. The van der Waals surface area contributed by atoms with E-state index in [1.165, 1.54) is 17.0 Å². The van der Waals surface area contributed by atoms with Gasteiger partial charge >= 0.3 is 12.7 Å². The molecule has 0 aliphatic carbocycles. The molecule has 0 aromatic heterocycles. The molecule has 0 aliphatic rings. The molecule has 0 aliphatic heterocycles. The summed E-state index contributed by atoms with van der Waals surface area (Å²) in [6.45, 7) is -3.71. The molecular formula is C9H13N2O4PS. The molecule has 0 radical (unpaired) electrons. The van der Waals surface area contributed by atoms with E-state index >= 15 is 0 Å². The van der Waals surface area contributed by atoms with Crippen molar-refractivity contribution in [2.45, 2.75) is 0 Å². The summed E-state index contributed by atoms with van der Waals surface area (Å²) >= 11 is 4.33. The van der Waals surface area contributed by atoms with E-state index in [9.17, 15) is 4.79 Å². The van der Waals surface area contributed by atoms with Gasteiger partial charge in [0.2, 0.25) is 0 Å². The van der Waals surface area contributed by atoms with Crippen molar-refractivity contribution >= 4 is 30.2 Å². The van der Waals surface area contributed by atoms with Crippen molar-refractivity contribution in [1.82, 2.24) is 4.90 Å². The number of urea groups is 1. The minimum atomic E-state index is -3.71. The van der Waals surface area contributed by atoms with E-state index in [0.29, 0.717) is 5.69 Å². The number of amides is 2. The summed E-state index contributed by atoms with van der Waals surface area (Å²) in [6, 6.07) is 5.86. The zero-order valence-corrected chi connectivity index (χ0v) is 11.0. The number of benzene rings is 1. The zero-order valence-electron chi connectivity index (χ0n) is 9.32. The SMILES string of the molecule is CN(C)C(=O)Nc1ccc(OP(O)(O)=S)cc1. The van der Waals surface area contributed by atoms with Gasteiger partial charge in [0.15, 0.2) is 0 Å². The third kappa shape index (κ3) is 5.14. The van der Waals surface area contributed by atoms with Crippen LogP contribution >= 0.6 is 6.72 Å². The van der Waals surface area contributed by atoms with Gasteiger partial charge in [-0.3, -0.25) is 0 Å². The maximum atomic E-state index is 11.3. The van der Waals surface area contributed by atoms with Crippen LogP contribution in [0.3, 0.4) is 0 Å². The van der Waals surface area contributed by atoms with Crippen LogP contribution in [0.1, 0.15) is 0 Å². The minimum absolute atomic E-state index is 0.237. The second-order valence-electron chi connectivity index (χ2n) is 3.43. The van der Waals surface area contributed by atoms with Gasteiger partial charge in [0.25, 0.3) is 0 Å². The largest absolute Gasteiger partial charge is 0.424 e. The van der Waals surface area contributed by atoms with Gasteiger partial charge in [0, 0.05) is 31.6 Å². The Hall–Kier alpha value is -1.14. The van der Waals surface area contributed by atoms with Gasteiger partial charge in [-0.1, -0.05) is 0 Å². The maximum absolute atomic E-state index is 11.3. The number of rotatable bonds is 3. The third-order valence-corrected chi connectivity index (χ3v) is 2.41. The van der Waals surface area contributed by atoms with Crippen LogP contribution in [-0.2, 0) is 11.8 Å². The fourth-order valence-corrected chi connectivity index (χ4v) is 1.63. The van der Waals surface area contributed by atoms with Crippen LogP contribution in [-0.4, -0.2) is 34.8 Å². The summed E-state index contributed by atoms with van der Waals surface area (Å²) in [6.07, 6.45) is 0. The summed E-state index contributed by atoms with van der Waals surface area (Å²) in [7, 11) is 3.25. The van der Waals surface area contributed by atoms with Crippen LogP contribution in [0.4, 0.5) is 10.5 Å². The smallest absolute Gasteiger partial charge is 0.375 e. The molecule has 0 atom stereocenters. The van der Waals surface area contributed by atoms with Crippen LogP contribution in [0, 0.1) is 0 Å². The standard InChI is InChI=1S/C9H13N2O4PS/c1-11(2)9(12)10-7-3-5-8(6-4-7)15-16(13,14)17/h3-6H,1-2H3,(H,10,12)(H2,13,14,17). The molecule has 0 saturated carbocycles. The van der Waals surface area contributed by atoms with Crippen LogP contribution in [0.2, 0.25) is 0 Å². The number of anilines is 1. The predicted octanol–water partition coefficient (Wildman–Crippen LogP) is 1.37. The van der Waals surface area contributed by atoms with Gasteiger partial charge in [-0.15, -0.1) is 0 Å². The molecule has 0 heterocycles. The Kier molecular flexibility index (Phi) is 4.47. The van der Waals surface area contributed by atoms with E-state index in [2.05, 4.69) is 17.1 Å². The minimum Gasteiger partial charge on any atom is -0.424 e. The van der Waals surface area contributed by atoms with Crippen LogP contribution in [0.15, 0.2) is 24.3 Å². The van der Waals surface area contributed by atoms with Crippen molar-refractivity contribution in [3.63, 3.8) is 0 Å². The number of hydrogen-bond donors (Lipinski definition) is 3. The lowest BCUT2D eigenvalue weighted by Gasteiger charge is -2.13. The normalized spacial score (nSPS) is 10.8. The zero-order chi connectivity index (χ0) is 13.1. The lowest BCUT2D eigenvalue weighted by atomic mass is 10.3. The van der Waals surface area contributed by atoms with Gasteiger partial charge in [0.1, 0.15) is 5.75 Å². The monoisotopic (exact) mass is 276 g/mol. The van der Waals surface area contributed by atoms with Crippen molar-refractivity contribution in [3.05, 3.63) is 24.3 Å². The molecule has 6 nitrogen and oxygen atoms in total. The van der Waals surface area contributed by atoms with Crippen LogP contribution in [0.25, 0.3) is 0 Å². The lowest BCUT2D eigenvalue weighted by molar-refractivity contribution is 0.230. The Morgan fingerprint density at radius 3 is 2.29 bits per heavy atom. The van der Waals surface area contributed by atoms with E-state index in [1.54, 1.807) is 26.2 Å². The summed E-state index contributed by atoms with van der Waals surface area (Å²) in [5, 5.41) is 2.62. The van der Waals surface area contributed by atoms with E-state index in [-0.39, 0.29) is 11.8 Å². The second-order valence-corrected chi connectivity index (χ2v) is 6.02. The van der Waals surface area contributed by atoms with Crippen LogP contribution in [0.5, 0.6) is 5.75 Å². The number of hydrogen-bond acceptors (Lipinski definition) is 3. The molecule has 1 rings (SSSR count). The molecule has 17 heavy (non-hydrogen) atoms. The first-order valence-electron chi connectivity index (χ1n) is 4.61. The van der Waals surface area contributed by atoms with E-state index in [0.717, 1.165) is 0 Å². The highest BCUT2D eigenvalue weighted by molar-refractivity contribution is 8.06. The number of carbonyl (C=O) groups is 1. The quantitative estimate of drug-likeness (QED) is 0.726. The molecular weight excluding hydrogens is 263 g/mol. The maximum Gasteiger partial charge on any atom is 0.375 e. The summed E-state index contributed by atoms with van der Waals surface area (Å²) in [5.41, 5.74) is 0.570. The lowest BCUT2D eigenvalue weighted by Crippen LogP contribution is -2.27. The average Bonchev–Trinajstić information content (AvgIpc) is 2.18. The Morgan fingerprint density at radius 1 is 1.35 bits per heavy atom. The Bertz CT molecular complexity index is 443. The van der Waals surface area contributed by atoms with Gasteiger partial charge < -0.3 is 24.5 Å². The second kappa shape index (κ2) is 5.46. The molecule has 3 N–H and O–H groups in total. The van der Waals surface area contributed by atoms with Crippen molar-refractivity contribution in [3.8, 4) is 5.75 Å². The highest BCUT2D eigenvalue weighted by atomic mass is 32.5. The number of nitrogens with one attached hydrogen (secondary N) is 1. The molecule has 0 unspecified atom stereocenters. The molecule has 0 bridgehead atoms. The number of carbonyl (C=O) groups excluding carboxylic acids is 1. The highest BCUT2D eigenvalue weighted by Crippen LogP contribution is 2.38. The Morgan fingerprint density at radius 2 is 1.88 bits per heavy atom. The van der Waals surface area contributed by atoms with Crippen LogP contribution < -0.4 is 9.84 Å². The van der Waals surface area contributed by atoms with E-state index < -0.39 is 6.72 Å². The summed E-state index contributed by atoms with van der Waals surface area (Å²) in [4.78, 5) is 30.6.